The van der Waals surface area contributed by atoms with Gasteiger partial charge in [0.05, 0.1) is 43.4 Å². The van der Waals surface area contributed by atoms with Gasteiger partial charge in [0.15, 0.2) is 0 Å². The van der Waals surface area contributed by atoms with E-state index in [9.17, 15) is 4.79 Å². The first-order valence-electron chi connectivity index (χ1n) is 10.7. The molecule has 6 heteroatoms. The first-order chi connectivity index (χ1) is 13.8. The van der Waals surface area contributed by atoms with E-state index < -0.39 is 0 Å². The highest BCUT2D eigenvalue weighted by Crippen LogP contribution is 2.35. The number of para-hydroxylation sites is 1. The van der Waals surface area contributed by atoms with Crippen molar-refractivity contribution in [3.05, 3.63) is 40.4 Å². The lowest BCUT2D eigenvalue weighted by Gasteiger charge is -2.29. The fourth-order valence-corrected chi connectivity index (χ4v) is 4.61. The monoisotopic (exact) mass is 383 g/mol. The van der Waals surface area contributed by atoms with Crippen LogP contribution in [-0.2, 0) is 16.0 Å². The number of fused-ring (bicyclic) bond motifs is 1. The van der Waals surface area contributed by atoms with Crippen molar-refractivity contribution in [2.75, 3.05) is 39.5 Å². The smallest absolute Gasteiger partial charge is 0.261 e. The zero-order valence-electron chi connectivity index (χ0n) is 16.4. The van der Waals surface area contributed by atoms with Crippen LogP contribution in [0.5, 0.6) is 0 Å². The molecule has 0 radical (unpaired) electrons. The van der Waals surface area contributed by atoms with Crippen LogP contribution in [0.4, 0.5) is 0 Å². The van der Waals surface area contributed by atoms with Gasteiger partial charge in [-0.15, -0.1) is 0 Å². The summed E-state index contributed by atoms with van der Waals surface area (Å²) in [6.07, 6.45) is 4.66. The summed E-state index contributed by atoms with van der Waals surface area (Å²) in [6.45, 7) is 5.68. The van der Waals surface area contributed by atoms with E-state index >= 15 is 0 Å². The lowest BCUT2D eigenvalue weighted by Crippen LogP contribution is -2.36. The van der Waals surface area contributed by atoms with Crippen molar-refractivity contribution < 1.29 is 9.47 Å². The molecule has 2 aliphatic heterocycles. The molecule has 5 rings (SSSR count). The Kier molecular flexibility index (Phi) is 5.18. The first-order valence-corrected chi connectivity index (χ1v) is 10.7. The van der Waals surface area contributed by atoms with Crippen molar-refractivity contribution in [1.82, 2.24) is 14.5 Å². The highest BCUT2D eigenvalue weighted by molar-refractivity contribution is 5.77. The number of ether oxygens (including phenoxy) is 2. The molecular weight excluding hydrogens is 354 g/mol. The van der Waals surface area contributed by atoms with Gasteiger partial charge in [-0.1, -0.05) is 12.1 Å². The minimum Gasteiger partial charge on any atom is -0.379 e. The summed E-state index contributed by atoms with van der Waals surface area (Å²) in [5.41, 5.74) is 0.947. The second-order valence-electron chi connectivity index (χ2n) is 8.52. The molecule has 0 amide bonds. The second-order valence-corrected chi connectivity index (χ2v) is 8.52. The SMILES string of the molecule is O=c1c2ccccc2nc(C2CCCN2CC2COCCOC2)n1CC1CC1. The van der Waals surface area contributed by atoms with E-state index in [2.05, 4.69) is 4.90 Å². The number of likely N-dealkylation sites (tertiary alicyclic amines) is 1. The van der Waals surface area contributed by atoms with Gasteiger partial charge in [0, 0.05) is 19.0 Å². The number of nitrogens with zero attached hydrogens (tertiary/aromatic N) is 3. The molecule has 1 atom stereocenters. The quantitative estimate of drug-likeness (QED) is 0.794. The van der Waals surface area contributed by atoms with E-state index in [1.807, 2.05) is 28.8 Å². The molecule has 2 saturated heterocycles. The fourth-order valence-electron chi connectivity index (χ4n) is 4.61. The van der Waals surface area contributed by atoms with E-state index in [0.717, 1.165) is 62.4 Å². The van der Waals surface area contributed by atoms with Crippen LogP contribution in [0.3, 0.4) is 0 Å². The highest BCUT2D eigenvalue weighted by Gasteiger charge is 2.33. The fraction of sp³-hybridized carbons (Fsp3) is 0.636. The number of benzene rings is 1. The summed E-state index contributed by atoms with van der Waals surface area (Å²) >= 11 is 0. The molecule has 3 fully saturated rings. The van der Waals surface area contributed by atoms with Crippen LogP contribution in [-0.4, -0.2) is 54.0 Å². The van der Waals surface area contributed by atoms with Crippen molar-refractivity contribution in [2.24, 2.45) is 11.8 Å². The van der Waals surface area contributed by atoms with Gasteiger partial charge in [-0.3, -0.25) is 14.3 Å². The molecule has 1 aromatic carbocycles. The maximum absolute atomic E-state index is 13.3. The standard InChI is InChI=1S/C22H29N3O3/c26-22-18-4-1-2-5-19(18)23-21(25(22)13-16-7-8-16)20-6-3-9-24(20)12-17-14-27-10-11-28-15-17/h1-2,4-5,16-17,20H,3,6-15H2. The maximum atomic E-state index is 13.3. The molecule has 3 heterocycles. The van der Waals surface area contributed by atoms with Gasteiger partial charge in [0.25, 0.3) is 5.56 Å². The van der Waals surface area contributed by atoms with Gasteiger partial charge in [0.2, 0.25) is 0 Å². The van der Waals surface area contributed by atoms with Crippen LogP contribution in [0.1, 0.15) is 37.5 Å². The topological polar surface area (TPSA) is 56.6 Å². The second kappa shape index (κ2) is 7.93. The van der Waals surface area contributed by atoms with Crippen LogP contribution < -0.4 is 5.56 Å². The van der Waals surface area contributed by atoms with Crippen LogP contribution >= 0.6 is 0 Å². The Hall–Kier alpha value is -1.76. The number of rotatable bonds is 5. The number of hydrogen-bond acceptors (Lipinski definition) is 5. The van der Waals surface area contributed by atoms with Crippen molar-refractivity contribution in [1.29, 1.82) is 0 Å². The van der Waals surface area contributed by atoms with E-state index in [0.29, 0.717) is 25.0 Å². The summed E-state index contributed by atoms with van der Waals surface area (Å²) in [4.78, 5) is 20.8. The van der Waals surface area contributed by atoms with Crippen molar-refractivity contribution >= 4 is 10.9 Å². The Morgan fingerprint density at radius 3 is 2.57 bits per heavy atom. The summed E-state index contributed by atoms with van der Waals surface area (Å²) in [6, 6.07) is 7.98. The zero-order chi connectivity index (χ0) is 18.9. The molecule has 1 unspecified atom stereocenters. The lowest BCUT2D eigenvalue weighted by molar-refractivity contribution is 0.0975. The van der Waals surface area contributed by atoms with E-state index in [1.54, 1.807) is 0 Å². The summed E-state index contributed by atoms with van der Waals surface area (Å²) in [5, 5.41) is 0.738. The van der Waals surface area contributed by atoms with Crippen LogP contribution in [0.15, 0.2) is 29.1 Å². The van der Waals surface area contributed by atoms with Gasteiger partial charge in [0.1, 0.15) is 5.82 Å². The summed E-state index contributed by atoms with van der Waals surface area (Å²) in [7, 11) is 0. The Bertz CT molecular complexity index is 884. The van der Waals surface area contributed by atoms with Crippen LogP contribution in [0.25, 0.3) is 10.9 Å². The van der Waals surface area contributed by atoms with E-state index in [1.165, 1.54) is 12.8 Å². The predicted octanol–water partition coefficient (Wildman–Crippen LogP) is 2.61. The average molecular weight is 383 g/mol. The molecule has 28 heavy (non-hydrogen) atoms. The molecule has 1 saturated carbocycles. The zero-order valence-corrected chi connectivity index (χ0v) is 16.4. The Balaban J connectivity index is 1.48. The third kappa shape index (κ3) is 3.73. The van der Waals surface area contributed by atoms with Gasteiger partial charge in [-0.2, -0.15) is 0 Å². The first kappa shape index (κ1) is 18.3. The minimum atomic E-state index is 0.125. The molecule has 0 N–H and O–H groups in total. The van der Waals surface area contributed by atoms with Crippen molar-refractivity contribution in [2.45, 2.75) is 38.3 Å². The number of hydrogen-bond donors (Lipinski definition) is 0. The molecule has 1 aliphatic carbocycles. The Morgan fingerprint density at radius 2 is 1.79 bits per heavy atom. The van der Waals surface area contributed by atoms with Crippen LogP contribution in [0, 0.1) is 11.8 Å². The highest BCUT2D eigenvalue weighted by atomic mass is 16.5. The number of aromatic nitrogens is 2. The lowest BCUT2D eigenvalue weighted by atomic mass is 10.1. The van der Waals surface area contributed by atoms with Gasteiger partial charge in [-0.25, -0.2) is 4.98 Å². The van der Waals surface area contributed by atoms with Gasteiger partial charge in [-0.05, 0) is 50.3 Å². The Morgan fingerprint density at radius 1 is 1.00 bits per heavy atom. The maximum Gasteiger partial charge on any atom is 0.261 e. The summed E-state index contributed by atoms with van der Waals surface area (Å²) < 4.78 is 13.4. The third-order valence-corrected chi connectivity index (χ3v) is 6.26. The molecular formula is C22H29N3O3. The molecule has 0 bridgehead atoms. The van der Waals surface area contributed by atoms with Crippen molar-refractivity contribution in [3.8, 4) is 0 Å². The Labute approximate surface area is 165 Å². The minimum absolute atomic E-state index is 0.125. The van der Waals surface area contributed by atoms with Crippen LogP contribution in [0.2, 0.25) is 0 Å². The normalized spacial score (nSPS) is 24.6. The molecule has 1 aromatic heterocycles. The average Bonchev–Trinajstić information content (AvgIpc) is 3.47. The van der Waals surface area contributed by atoms with Crippen molar-refractivity contribution in [3.63, 3.8) is 0 Å². The third-order valence-electron chi connectivity index (χ3n) is 6.26. The van der Waals surface area contributed by atoms with Gasteiger partial charge < -0.3 is 9.47 Å². The molecule has 6 nitrogen and oxygen atoms in total. The van der Waals surface area contributed by atoms with Gasteiger partial charge >= 0.3 is 0 Å². The molecule has 2 aromatic rings. The largest absolute Gasteiger partial charge is 0.379 e. The van der Waals surface area contributed by atoms with E-state index in [4.69, 9.17) is 14.5 Å². The van der Waals surface area contributed by atoms with E-state index in [-0.39, 0.29) is 11.6 Å². The molecule has 150 valence electrons. The molecule has 0 spiro atoms. The summed E-state index contributed by atoms with van der Waals surface area (Å²) in [5.74, 6) is 1.98. The molecule has 3 aliphatic rings. The predicted molar refractivity (Wildman–Crippen MR) is 107 cm³/mol.